The van der Waals surface area contributed by atoms with Gasteiger partial charge in [-0.15, -0.1) is 0 Å². The Bertz CT molecular complexity index is 635. The van der Waals surface area contributed by atoms with Crippen molar-refractivity contribution >= 4 is 16.9 Å². The largest absolute Gasteiger partial charge is 0.493 e. The van der Waals surface area contributed by atoms with Gasteiger partial charge >= 0.3 is 0 Å². The third-order valence-electron chi connectivity index (χ3n) is 5.03. The minimum atomic E-state index is 0.162. The summed E-state index contributed by atoms with van der Waals surface area (Å²) >= 11 is 1.78. The van der Waals surface area contributed by atoms with Crippen LogP contribution in [0.3, 0.4) is 0 Å². The average molecular weight is 365 g/mol. The van der Waals surface area contributed by atoms with Crippen molar-refractivity contribution in [1.82, 2.24) is 4.90 Å². The van der Waals surface area contributed by atoms with E-state index in [0.717, 1.165) is 54.8 Å². The normalized spacial score (nSPS) is 24.0. The Labute approximate surface area is 154 Å². The molecule has 2 atom stereocenters. The van der Waals surface area contributed by atoms with Crippen LogP contribution in [0.25, 0.3) is 0 Å². The highest BCUT2D eigenvalue weighted by atomic mass is 32.2. The highest BCUT2D eigenvalue weighted by Crippen LogP contribution is 2.45. The van der Waals surface area contributed by atoms with Gasteiger partial charge in [0.05, 0.1) is 20.3 Å². The van der Waals surface area contributed by atoms with Gasteiger partial charge < -0.3 is 19.5 Å². The summed E-state index contributed by atoms with van der Waals surface area (Å²) in [6.45, 7) is 4.19. The number of rotatable bonds is 6. The monoisotopic (exact) mass is 364 g/mol. The first kappa shape index (κ1) is 18.4. The van der Waals surface area contributed by atoms with Gasteiger partial charge in [0.2, 0.25) is 0 Å². The molecule has 0 saturated carbocycles. The van der Waals surface area contributed by atoms with E-state index >= 15 is 0 Å². The first-order chi connectivity index (χ1) is 12.2. The van der Waals surface area contributed by atoms with E-state index in [1.54, 1.807) is 26.0 Å². The number of aliphatic hydroxyl groups is 1. The van der Waals surface area contributed by atoms with Crippen LogP contribution in [0.5, 0.6) is 11.5 Å². The summed E-state index contributed by atoms with van der Waals surface area (Å²) < 4.78 is 11.0. The molecule has 6 heteroatoms. The number of ether oxygens (including phenoxy) is 2. The van der Waals surface area contributed by atoms with Crippen molar-refractivity contribution in [2.75, 3.05) is 39.7 Å². The highest BCUT2D eigenvalue weighted by Gasteiger charge is 2.39. The van der Waals surface area contributed by atoms with Crippen molar-refractivity contribution in [1.29, 1.82) is 0 Å². The van der Waals surface area contributed by atoms with Crippen LogP contribution in [0.15, 0.2) is 17.1 Å². The van der Waals surface area contributed by atoms with Gasteiger partial charge in [0, 0.05) is 31.4 Å². The van der Waals surface area contributed by atoms with E-state index in [9.17, 15) is 5.11 Å². The molecule has 2 heterocycles. The molecule has 2 aliphatic rings. The molecule has 1 aromatic rings. The van der Waals surface area contributed by atoms with Gasteiger partial charge in [0.1, 0.15) is 0 Å². The van der Waals surface area contributed by atoms with Gasteiger partial charge in [0.15, 0.2) is 16.7 Å². The quantitative estimate of drug-likeness (QED) is 0.786. The lowest BCUT2D eigenvalue weighted by Gasteiger charge is -2.46. The molecule has 1 N–H and O–H groups in total. The van der Waals surface area contributed by atoms with Crippen molar-refractivity contribution in [3.8, 4) is 11.5 Å². The maximum absolute atomic E-state index is 9.95. The Morgan fingerprint density at radius 3 is 2.72 bits per heavy atom. The van der Waals surface area contributed by atoms with Crippen LogP contribution in [-0.2, 0) is 6.42 Å². The molecule has 0 spiro atoms. The van der Waals surface area contributed by atoms with Gasteiger partial charge in [-0.25, -0.2) is 0 Å². The van der Waals surface area contributed by atoms with Gasteiger partial charge in [0.25, 0.3) is 0 Å². The second-order valence-corrected chi connectivity index (χ2v) is 7.55. The zero-order chi connectivity index (χ0) is 17.8. The zero-order valence-electron chi connectivity index (χ0n) is 15.3. The lowest BCUT2D eigenvalue weighted by molar-refractivity contribution is 0.148. The van der Waals surface area contributed by atoms with Crippen molar-refractivity contribution in [3.63, 3.8) is 0 Å². The molecule has 1 saturated heterocycles. The first-order valence-electron chi connectivity index (χ1n) is 9.03. The number of methoxy groups -OCH3 is 2. The van der Waals surface area contributed by atoms with Crippen LogP contribution in [0, 0.1) is 5.92 Å². The van der Waals surface area contributed by atoms with Crippen molar-refractivity contribution < 1.29 is 14.6 Å². The number of aliphatic imine (C=N–C) groups is 1. The second-order valence-electron chi connectivity index (χ2n) is 6.57. The van der Waals surface area contributed by atoms with Crippen LogP contribution >= 0.6 is 11.8 Å². The molecule has 5 nitrogen and oxygen atoms in total. The van der Waals surface area contributed by atoms with Crippen LogP contribution < -0.4 is 9.47 Å². The lowest BCUT2D eigenvalue weighted by atomic mass is 9.85. The first-order valence-corrected chi connectivity index (χ1v) is 10.0. The molecule has 0 bridgehead atoms. The molecule has 3 rings (SSSR count). The molecule has 0 radical (unpaired) electrons. The van der Waals surface area contributed by atoms with Crippen molar-refractivity contribution in [3.05, 3.63) is 23.3 Å². The van der Waals surface area contributed by atoms with Gasteiger partial charge in [-0.1, -0.05) is 25.1 Å². The van der Waals surface area contributed by atoms with Crippen LogP contribution in [0.4, 0.5) is 0 Å². The van der Waals surface area contributed by atoms with E-state index in [2.05, 4.69) is 24.0 Å². The minimum Gasteiger partial charge on any atom is -0.493 e. The molecule has 1 fully saturated rings. The summed E-state index contributed by atoms with van der Waals surface area (Å²) in [5.41, 5.74) is 2.53. The molecule has 0 amide bonds. The lowest BCUT2D eigenvalue weighted by Crippen LogP contribution is -2.47. The van der Waals surface area contributed by atoms with Crippen molar-refractivity contribution in [2.45, 2.75) is 32.2 Å². The number of nitrogens with zero attached hydrogens (tertiary/aromatic N) is 2. The van der Waals surface area contributed by atoms with Gasteiger partial charge in [-0.05, 0) is 36.1 Å². The number of unbranched alkanes of at least 4 members (excludes halogenated alkanes) is 1. The molecular weight excluding hydrogens is 336 g/mol. The maximum Gasteiger partial charge on any atom is 0.161 e. The fraction of sp³-hybridized carbons (Fsp3) is 0.632. The van der Waals surface area contributed by atoms with Crippen molar-refractivity contribution in [2.24, 2.45) is 10.9 Å². The number of aliphatic hydroxyl groups excluding tert-OH is 1. The Morgan fingerprint density at radius 1 is 1.28 bits per heavy atom. The number of benzene rings is 1. The Balaban J connectivity index is 1.98. The van der Waals surface area contributed by atoms with Gasteiger partial charge in [-0.3, -0.25) is 4.99 Å². The summed E-state index contributed by atoms with van der Waals surface area (Å²) in [5, 5.41) is 11.1. The molecule has 1 aromatic carbocycles. The summed E-state index contributed by atoms with van der Waals surface area (Å²) in [6.07, 6.45) is 3.23. The third-order valence-corrected chi connectivity index (χ3v) is 6.25. The van der Waals surface area contributed by atoms with Crippen LogP contribution in [0.2, 0.25) is 0 Å². The minimum absolute atomic E-state index is 0.162. The number of hydrogen-bond donors (Lipinski definition) is 1. The van der Waals surface area contributed by atoms with E-state index in [0.29, 0.717) is 0 Å². The average Bonchev–Trinajstić information content (AvgIpc) is 2.66. The summed E-state index contributed by atoms with van der Waals surface area (Å²) in [6, 6.07) is 4.35. The van der Waals surface area contributed by atoms with E-state index in [-0.39, 0.29) is 18.6 Å². The topological polar surface area (TPSA) is 54.3 Å². The van der Waals surface area contributed by atoms with E-state index < -0.39 is 0 Å². The standard InChI is InChI=1S/C19H28N2O3S/c1-4-5-7-20-19-21-8-6-13-9-16(23-2)17(24-3)10-15(13)18(21)14(11-22)12-25-19/h9-10,14,18,22H,4-8,11-12H2,1-3H3. The van der Waals surface area contributed by atoms with E-state index in [1.807, 2.05) is 0 Å². The molecule has 2 aliphatic heterocycles. The fourth-order valence-corrected chi connectivity index (χ4v) is 4.88. The fourth-order valence-electron chi connectivity index (χ4n) is 3.68. The van der Waals surface area contributed by atoms with E-state index in [1.165, 1.54) is 11.1 Å². The smallest absolute Gasteiger partial charge is 0.161 e. The van der Waals surface area contributed by atoms with Gasteiger partial charge in [-0.2, -0.15) is 0 Å². The third kappa shape index (κ3) is 3.60. The molecule has 0 aliphatic carbocycles. The highest BCUT2D eigenvalue weighted by molar-refractivity contribution is 8.13. The molecule has 2 unspecified atom stereocenters. The van der Waals surface area contributed by atoms with Crippen LogP contribution in [0.1, 0.15) is 36.9 Å². The molecule has 0 aromatic heterocycles. The molecule has 138 valence electrons. The SMILES string of the molecule is CCCCN=C1SCC(CO)C2c3cc(OC)c(OC)cc3CCN12. The Hall–Kier alpha value is -1.40. The van der Waals surface area contributed by atoms with Crippen LogP contribution in [-0.4, -0.2) is 54.8 Å². The molecule has 25 heavy (non-hydrogen) atoms. The number of amidine groups is 1. The predicted molar refractivity (Wildman–Crippen MR) is 103 cm³/mol. The second kappa shape index (κ2) is 8.32. The Kier molecular flexibility index (Phi) is 6.12. The Morgan fingerprint density at radius 2 is 2.04 bits per heavy atom. The zero-order valence-corrected chi connectivity index (χ0v) is 16.1. The number of thioether (sulfide) groups is 1. The maximum atomic E-state index is 9.95. The number of hydrogen-bond acceptors (Lipinski definition) is 5. The van der Waals surface area contributed by atoms with E-state index in [4.69, 9.17) is 14.5 Å². The summed E-state index contributed by atoms with van der Waals surface area (Å²) in [7, 11) is 3.34. The predicted octanol–water partition coefficient (Wildman–Crippen LogP) is 3.11. The molecular formula is C19H28N2O3S. The summed E-state index contributed by atoms with van der Waals surface area (Å²) in [5.74, 6) is 2.63. The number of fused-ring (bicyclic) bond motifs is 3. The summed E-state index contributed by atoms with van der Waals surface area (Å²) in [4.78, 5) is 7.23.